The van der Waals surface area contributed by atoms with Crippen molar-refractivity contribution in [1.82, 2.24) is 15.3 Å². The summed E-state index contributed by atoms with van der Waals surface area (Å²) in [6.07, 6.45) is 4.73. The van der Waals surface area contributed by atoms with E-state index >= 15 is 0 Å². The largest absolute Gasteiger partial charge is 0.484 e. The van der Waals surface area contributed by atoms with Gasteiger partial charge in [0.15, 0.2) is 12.4 Å². The second kappa shape index (κ2) is 7.22. The highest BCUT2D eigenvalue weighted by Crippen LogP contribution is 2.19. The predicted molar refractivity (Wildman–Crippen MR) is 83.5 cm³/mol. The normalized spacial score (nSPS) is 10.3. The van der Waals surface area contributed by atoms with Crippen molar-refractivity contribution in [2.75, 3.05) is 6.61 Å². The Kier molecular flexibility index (Phi) is 4.63. The summed E-state index contributed by atoms with van der Waals surface area (Å²) in [4.78, 5) is 20.4. The molecule has 1 aromatic carbocycles. The lowest BCUT2D eigenvalue weighted by Crippen LogP contribution is -2.29. The molecule has 0 bridgehead atoms. The fraction of sp³-hybridized carbons (Fsp3) is 0.118. The Bertz CT molecular complexity index is 758. The summed E-state index contributed by atoms with van der Waals surface area (Å²) < 4.78 is 10.7. The standard InChI is InChI=1S/C17H15N3O3/c21-16(12-23-13-5-2-1-3-6-13)20-11-14-17(19-9-8-18-14)15-7-4-10-22-15/h1-10H,11-12H2,(H,20,21). The molecule has 0 aliphatic rings. The zero-order valence-corrected chi connectivity index (χ0v) is 12.3. The van der Waals surface area contributed by atoms with Crippen molar-refractivity contribution in [1.29, 1.82) is 0 Å². The van der Waals surface area contributed by atoms with Gasteiger partial charge in [0, 0.05) is 12.4 Å². The number of hydrogen-bond acceptors (Lipinski definition) is 5. The van der Waals surface area contributed by atoms with Crippen LogP contribution in [0.4, 0.5) is 0 Å². The third kappa shape index (κ3) is 3.94. The Morgan fingerprint density at radius 3 is 2.70 bits per heavy atom. The van der Waals surface area contributed by atoms with Crippen molar-refractivity contribution in [3.63, 3.8) is 0 Å². The minimum atomic E-state index is -0.232. The van der Waals surface area contributed by atoms with Crippen molar-refractivity contribution in [3.05, 3.63) is 66.8 Å². The molecule has 3 aromatic rings. The van der Waals surface area contributed by atoms with Crippen molar-refractivity contribution < 1.29 is 13.9 Å². The van der Waals surface area contributed by atoms with E-state index in [-0.39, 0.29) is 19.1 Å². The van der Waals surface area contributed by atoms with Gasteiger partial charge in [-0.2, -0.15) is 0 Å². The molecule has 1 amide bonds. The number of furan rings is 1. The van der Waals surface area contributed by atoms with E-state index in [9.17, 15) is 4.79 Å². The van der Waals surface area contributed by atoms with Crippen LogP contribution in [0.1, 0.15) is 5.69 Å². The monoisotopic (exact) mass is 309 g/mol. The van der Waals surface area contributed by atoms with Crippen LogP contribution in [0.5, 0.6) is 5.75 Å². The molecule has 2 heterocycles. The van der Waals surface area contributed by atoms with Crippen LogP contribution in [0.3, 0.4) is 0 Å². The molecule has 2 aromatic heterocycles. The first-order chi connectivity index (χ1) is 11.3. The van der Waals surface area contributed by atoms with Crippen molar-refractivity contribution in [3.8, 4) is 17.2 Å². The van der Waals surface area contributed by atoms with Crippen molar-refractivity contribution in [2.24, 2.45) is 0 Å². The van der Waals surface area contributed by atoms with E-state index in [1.165, 1.54) is 0 Å². The predicted octanol–water partition coefficient (Wildman–Crippen LogP) is 2.43. The molecule has 0 atom stereocenters. The molecule has 0 saturated carbocycles. The highest BCUT2D eigenvalue weighted by molar-refractivity contribution is 5.77. The number of amides is 1. The van der Waals surface area contributed by atoms with Crippen molar-refractivity contribution in [2.45, 2.75) is 6.54 Å². The second-order valence-electron chi connectivity index (χ2n) is 4.71. The van der Waals surface area contributed by atoms with Gasteiger partial charge < -0.3 is 14.5 Å². The zero-order valence-electron chi connectivity index (χ0n) is 12.3. The van der Waals surface area contributed by atoms with Gasteiger partial charge in [-0.05, 0) is 24.3 Å². The summed E-state index contributed by atoms with van der Waals surface area (Å²) in [6, 6.07) is 12.8. The van der Waals surface area contributed by atoms with E-state index in [4.69, 9.17) is 9.15 Å². The summed E-state index contributed by atoms with van der Waals surface area (Å²) in [5.74, 6) is 1.03. The summed E-state index contributed by atoms with van der Waals surface area (Å²) >= 11 is 0. The highest BCUT2D eigenvalue weighted by atomic mass is 16.5. The molecule has 0 saturated heterocycles. The van der Waals surface area contributed by atoms with E-state index in [1.807, 2.05) is 18.2 Å². The molecule has 116 valence electrons. The summed E-state index contributed by atoms with van der Waals surface area (Å²) in [6.45, 7) is 0.196. The molecule has 0 aliphatic carbocycles. The van der Waals surface area contributed by atoms with Crippen LogP contribution in [0.25, 0.3) is 11.5 Å². The molecule has 0 unspecified atom stereocenters. The van der Waals surface area contributed by atoms with Gasteiger partial charge in [-0.25, -0.2) is 4.98 Å². The summed E-state index contributed by atoms with van der Waals surface area (Å²) in [7, 11) is 0. The average Bonchev–Trinajstić information content (AvgIpc) is 3.14. The van der Waals surface area contributed by atoms with Gasteiger partial charge >= 0.3 is 0 Å². The molecule has 1 N–H and O–H groups in total. The van der Waals surface area contributed by atoms with E-state index in [0.717, 1.165) is 0 Å². The fourth-order valence-electron chi connectivity index (χ4n) is 2.01. The van der Waals surface area contributed by atoms with E-state index in [2.05, 4.69) is 15.3 Å². The second-order valence-corrected chi connectivity index (χ2v) is 4.71. The van der Waals surface area contributed by atoms with Gasteiger partial charge in [0.1, 0.15) is 11.4 Å². The quantitative estimate of drug-likeness (QED) is 0.756. The number of carbonyl (C=O) groups is 1. The third-order valence-corrected chi connectivity index (χ3v) is 3.09. The average molecular weight is 309 g/mol. The molecular formula is C17H15N3O3. The minimum Gasteiger partial charge on any atom is -0.484 e. The lowest BCUT2D eigenvalue weighted by molar-refractivity contribution is -0.123. The van der Waals surface area contributed by atoms with Crippen LogP contribution >= 0.6 is 0 Å². The lowest BCUT2D eigenvalue weighted by Gasteiger charge is -2.08. The highest BCUT2D eigenvalue weighted by Gasteiger charge is 2.11. The Balaban J connectivity index is 1.57. The minimum absolute atomic E-state index is 0.0552. The molecule has 23 heavy (non-hydrogen) atoms. The summed E-state index contributed by atoms with van der Waals surface area (Å²) in [5, 5.41) is 2.76. The molecule has 0 radical (unpaired) electrons. The summed E-state index contributed by atoms with van der Waals surface area (Å²) in [5.41, 5.74) is 1.25. The van der Waals surface area contributed by atoms with Gasteiger partial charge in [-0.1, -0.05) is 18.2 Å². The van der Waals surface area contributed by atoms with Gasteiger partial charge in [-0.3, -0.25) is 9.78 Å². The first kappa shape index (κ1) is 14.8. The SMILES string of the molecule is O=C(COc1ccccc1)NCc1nccnc1-c1ccco1. The number of hydrogen-bond donors (Lipinski definition) is 1. The maximum absolute atomic E-state index is 11.9. The number of carbonyl (C=O) groups excluding carboxylic acids is 1. The Morgan fingerprint density at radius 1 is 1.09 bits per heavy atom. The van der Waals surface area contributed by atoms with Gasteiger partial charge in [0.05, 0.1) is 18.5 Å². The lowest BCUT2D eigenvalue weighted by atomic mass is 10.2. The molecule has 6 heteroatoms. The van der Waals surface area contributed by atoms with Crippen LogP contribution < -0.4 is 10.1 Å². The van der Waals surface area contributed by atoms with Crippen LogP contribution in [0.2, 0.25) is 0 Å². The van der Waals surface area contributed by atoms with E-state index in [0.29, 0.717) is 22.9 Å². The van der Waals surface area contributed by atoms with Crippen LogP contribution in [0, 0.1) is 0 Å². The molecular weight excluding hydrogens is 294 g/mol. The number of nitrogens with one attached hydrogen (secondary N) is 1. The first-order valence-electron chi connectivity index (χ1n) is 7.11. The van der Waals surface area contributed by atoms with Crippen LogP contribution in [-0.4, -0.2) is 22.5 Å². The maximum atomic E-state index is 11.9. The number of benzene rings is 1. The zero-order chi connectivity index (χ0) is 15.9. The van der Waals surface area contributed by atoms with Gasteiger partial charge in [0.2, 0.25) is 0 Å². The third-order valence-electron chi connectivity index (χ3n) is 3.09. The van der Waals surface area contributed by atoms with E-state index in [1.54, 1.807) is 42.9 Å². The van der Waals surface area contributed by atoms with Crippen LogP contribution in [-0.2, 0) is 11.3 Å². The van der Waals surface area contributed by atoms with Gasteiger partial charge in [-0.15, -0.1) is 0 Å². The number of nitrogens with zero attached hydrogens (tertiary/aromatic N) is 2. The molecule has 0 aliphatic heterocycles. The fourth-order valence-corrected chi connectivity index (χ4v) is 2.01. The number of rotatable bonds is 6. The smallest absolute Gasteiger partial charge is 0.258 e. The molecule has 0 fully saturated rings. The molecule has 6 nitrogen and oxygen atoms in total. The number of aromatic nitrogens is 2. The number of para-hydroxylation sites is 1. The van der Waals surface area contributed by atoms with E-state index < -0.39 is 0 Å². The Hall–Kier alpha value is -3.15. The Morgan fingerprint density at radius 2 is 1.91 bits per heavy atom. The van der Waals surface area contributed by atoms with Gasteiger partial charge in [0.25, 0.3) is 5.91 Å². The molecule has 0 spiro atoms. The number of ether oxygens (including phenoxy) is 1. The maximum Gasteiger partial charge on any atom is 0.258 e. The Labute approximate surface area is 133 Å². The van der Waals surface area contributed by atoms with Crippen molar-refractivity contribution >= 4 is 5.91 Å². The topological polar surface area (TPSA) is 77.2 Å². The first-order valence-corrected chi connectivity index (χ1v) is 7.11. The molecule has 3 rings (SSSR count). The van der Waals surface area contributed by atoms with Crippen LogP contribution in [0.15, 0.2) is 65.5 Å².